The molecule has 33 heavy (non-hydrogen) atoms. The summed E-state index contributed by atoms with van der Waals surface area (Å²) in [5.74, 6) is -7.91. The van der Waals surface area contributed by atoms with Gasteiger partial charge in [-0.25, -0.2) is 0 Å². The summed E-state index contributed by atoms with van der Waals surface area (Å²) >= 11 is 0. The summed E-state index contributed by atoms with van der Waals surface area (Å²) in [6, 6.07) is 2.89. The summed E-state index contributed by atoms with van der Waals surface area (Å²) in [6.07, 6.45) is 0.226. The summed E-state index contributed by atoms with van der Waals surface area (Å²) in [5.41, 5.74) is 2.60. The van der Waals surface area contributed by atoms with Crippen LogP contribution in [0.1, 0.15) is 41.8 Å². The Bertz CT molecular complexity index is 1200. The molecule has 2 amide bonds. The van der Waals surface area contributed by atoms with Crippen molar-refractivity contribution < 1.29 is 39.6 Å². The van der Waals surface area contributed by atoms with Gasteiger partial charge in [-0.1, -0.05) is 13.0 Å². The summed E-state index contributed by atoms with van der Waals surface area (Å²) in [7, 11) is 0. The minimum atomic E-state index is -2.61. The molecular formula is C23H24N2O8. The number of amides is 2. The predicted molar refractivity (Wildman–Crippen MR) is 113 cm³/mol. The molecule has 174 valence electrons. The molecule has 0 fully saturated rings. The third-order valence-corrected chi connectivity index (χ3v) is 7.05. The zero-order valence-electron chi connectivity index (χ0n) is 18.0. The fraction of sp³-hybridized carbons (Fsp3) is 0.391. The van der Waals surface area contributed by atoms with Crippen molar-refractivity contribution in [1.29, 1.82) is 0 Å². The number of carbonyl (C=O) groups excluding carboxylic acids is 4. The lowest BCUT2D eigenvalue weighted by atomic mass is 9.57. The molecule has 4 rings (SSSR count). The van der Waals surface area contributed by atoms with Gasteiger partial charge < -0.3 is 31.5 Å². The van der Waals surface area contributed by atoms with Gasteiger partial charge in [0.05, 0.1) is 5.56 Å². The van der Waals surface area contributed by atoms with Crippen molar-refractivity contribution in [2.45, 2.75) is 38.8 Å². The van der Waals surface area contributed by atoms with Gasteiger partial charge in [0.25, 0.3) is 5.91 Å². The molecule has 3 aliphatic carbocycles. The van der Waals surface area contributed by atoms with E-state index in [2.05, 4.69) is 5.32 Å². The van der Waals surface area contributed by atoms with E-state index in [0.29, 0.717) is 11.1 Å². The van der Waals surface area contributed by atoms with Gasteiger partial charge in [0.15, 0.2) is 11.4 Å². The number of fused-ring (bicyclic) bond motifs is 3. The summed E-state index contributed by atoms with van der Waals surface area (Å²) in [6.45, 7) is 2.96. The number of phenolic OH excluding ortho intramolecular Hbond substituents is 1. The van der Waals surface area contributed by atoms with E-state index in [1.54, 1.807) is 6.07 Å². The molecule has 0 spiro atoms. The van der Waals surface area contributed by atoms with Crippen molar-refractivity contribution in [2.75, 3.05) is 0 Å². The van der Waals surface area contributed by atoms with Gasteiger partial charge in [-0.15, -0.1) is 0 Å². The van der Waals surface area contributed by atoms with E-state index in [-0.39, 0.29) is 42.2 Å². The van der Waals surface area contributed by atoms with E-state index < -0.39 is 57.9 Å². The molecule has 1 aromatic carbocycles. The maximum absolute atomic E-state index is 13.4. The van der Waals surface area contributed by atoms with Crippen LogP contribution in [0.4, 0.5) is 0 Å². The van der Waals surface area contributed by atoms with Crippen LogP contribution in [0.25, 0.3) is 0 Å². The van der Waals surface area contributed by atoms with Gasteiger partial charge in [0, 0.05) is 30.9 Å². The highest BCUT2D eigenvalue weighted by atomic mass is 16.3. The molecule has 10 nitrogen and oxygen atoms in total. The van der Waals surface area contributed by atoms with Crippen LogP contribution in [0.15, 0.2) is 34.8 Å². The van der Waals surface area contributed by atoms with Crippen LogP contribution >= 0.6 is 0 Å². The second-order valence-corrected chi connectivity index (χ2v) is 8.85. The predicted octanol–water partition coefficient (Wildman–Crippen LogP) is 0.463. The van der Waals surface area contributed by atoms with Crippen molar-refractivity contribution >= 4 is 23.4 Å². The lowest BCUT2D eigenvalue weighted by Crippen LogP contribution is -2.59. The first-order valence-electron chi connectivity index (χ1n) is 10.5. The molecule has 4 atom stereocenters. The Hall–Kier alpha value is -3.66. The van der Waals surface area contributed by atoms with Gasteiger partial charge in [0.1, 0.15) is 22.8 Å². The third kappa shape index (κ3) is 3.05. The first-order valence-corrected chi connectivity index (χ1v) is 10.5. The number of Topliss-reactive ketones (excluding diaryl/α,β-unsaturated/α-hetero) is 2. The number of benzene rings is 1. The average molecular weight is 456 g/mol. The van der Waals surface area contributed by atoms with Gasteiger partial charge in [-0.2, -0.15) is 0 Å². The number of carbonyl (C=O) groups is 4. The number of primary amides is 1. The number of aliphatic hydroxyl groups is 3. The van der Waals surface area contributed by atoms with Crippen LogP contribution in [0.5, 0.6) is 5.75 Å². The second kappa shape index (κ2) is 7.45. The van der Waals surface area contributed by atoms with Crippen molar-refractivity contribution in [1.82, 2.24) is 5.32 Å². The van der Waals surface area contributed by atoms with Gasteiger partial charge in [-0.3, -0.25) is 19.2 Å². The first-order chi connectivity index (χ1) is 15.4. The molecular weight excluding hydrogens is 432 g/mol. The Morgan fingerprint density at radius 2 is 1.88 bits per heavy atom. The summed E-state index contributed by atoms with van der Waals surface area (Å²) < 4.78 is 0. The smallest absolute Gasteiger partial charge is 0.255 e. The molecule has 2 unspecified atom stereocenters. The van der Waals surface area contributed by atoms with Crippen LogP contribution in [-0.4, -0.2) is 49.4 Å². The highest BCUT2D eigenvalue weighted by Gasteiger charge is 2.61. The fourth-order valence-electron chi connectivity index (χ4n) is 5.38. The highest BCUT2D eigenvalue weighted by Crippen LogP contribution is 2.53. The Balaban J connectivity index is 1.88. The number of nitrogens with one attached hydrogen (secondary N) is 1. The SMILES string of the molecule is CC(=O)NCc1ccc(O)c2c1CC1CC3[C@H](C)C(O)=C(C(N)=O)C(=O)[C@@]3(O)C(O)=C1C2=O. The lowest BCUT2D eigenvalue weighted by molar-refractivity contribution is -0.147. The molecule has 0 radical (unpaired) electrons. The molecule has 0 aliphatic heterocycles. The first kappa shape index (κ1) is 22.5. The van der Waals surface area contributed by atoms with Crippen LogP contribution in [0.2, 0.25) is 0 Å². The Labute approximate surface area is 188 Å². The van der Waals surface area contributed by atoms with E-state index >= 15 is 0 Å². The zero-order valence-corrected chi connectivity index (χ0v) is 18.0. The monoisotopic (exact) mass is 456 g/mol. The Kier molecular flexibility index (Phi) is 5.08. The van der Waals surface area contributed by atoms with Gasteiger partial charge in [0.2, 0.25) is 11.7 Å². The van der Waals surface area contributed by atoms with E-state index in [1.807, 2.05) is 0 Å². The lowest BCUT2D eigenvalue weighted by Gasteiger charge is -2.48. The van der Waals surface area contributed by atoms with Crippen molar-refractivity contribution in [2.24, 2.45) is 23.5 Å². The van der Waals surface area contributed by atoms with Gasteiger partial charge >= 0.3 is 0 Å². The van der Waals surface area contributed by atoms with Crippen LogP contribution < -0.4 is 11.1 Å². The maximum Gasteiger partial charge on any atom is 0.255 e. The van der Waals surface area contributed by atoms with E-state index in [0.717, 1.165) is 0 Å². The topological polar surface area (TPSA) is 187 Å². The third-order valence-electron chi connectivity index (χ3n) is 7.05. The minimum absolute atomic E-state index is 0.0410. The summed E-state index contributed by atoms with van der Waals surface area (Å²) in [4.78, 5) is 49.6. The Morgan fingerprint density at radius 3 is 2.48 bits per heavy atom. The van der Waals surface area contributed by atoms with Crippen LogP contribution in [0, 0.1) is 17.8 Å². The minimum Gasteiger partial charge on any atom is -0.511 e. The molecule has 0 aromatic heterocycles. The molecule has 3 aliphatic rings. The fourth-order valence-corrected chi connectivity index (χ4v) is 5.38. The number of hydrogen-bond acceptors (Lipinski definition) is 8. The quantitative estimate of drug-likeness (QED) is 0.354. The molecule has 0 saturated heterocycles. The number of aliphatic hydroxyl groups excluding tert-OH is 2. The van der Waals surface area contributed by atoms with Crippen LogP contribution in [-0.2, 0) is 27.3 Å². The van der Waals surface area contributed by atoms with Crippen LogP contribution in [0.3, 0.4) is 0 Å². The molecule has 7 N–H and O–H groups in total. The number of hydrogen-bond donors (Lipinski definition) is 6. The average Bonchev–Trinajstić information content (AvgIpc) is 2.73. The van der Waals surface area contributed by atoms with E-state index in [1.165, 1.54) is 19.9 Å². The standard InChI is InChI=1S/C23H24N2O8/c1-8-13-6-11-5-12-10(7-25-9(2)26)3-4-14(27)16(12)19(29)15(11)20(30)23(13,33)21(31)17(18(8)28)22(24)32/h3-4,8,11,13,27-28,30,33H,5-7H2,1-2H3,(H2,24,32)(H,25,26)/t8-,11?,13?,23-/m0/s1. The molecule has 0 bridgehead atoms. The van der Waals surface area contributed by atoms with Crippen molar-refractivity contribution in [3.05, 3.63) is 51.5 Å². The normalized spacial score (nSPS) is 28.8. The number of aromatic hydroxyl groups is 1. The zero-order chi connectivity index (χ0) is 24.4. The van der Waals surface area contributed by atoms with Crippen molar-refractivity contribution in [3.8, 4) is 5.75 Å². The molecule has 0 saturated carbocycles. The Morgan fingerprint density at radius 1 is 1.21 bits per heavy atom. The number of nitrogens with two attached hydrogens (primary N) is 1. The van der Waals surface area contributed by atoms with E-state index in [9.17, 15) is 39.6 Å². The number of phenols is 1. The van der Waals surface area contributed by atoms with Gasteiger partial charge in [-0.05, 0) is 36.0 Å². The molecule has 0 heterocycles. The second-order valence-electron chi connectivity index (χ2n) is 8.85. The van der Waals surface area contributed by atoms with E-state index in [4.69, 9.17) is 5.73 Å². The maximum atomic E-state index is 13.4. The highest BCUT2D eigenvalue weighted by molar-refractivity contribution is 6.24. The van der Waals surface area contributed by atoms with Crippen molar-refractivity contribution in [3.63, 3.8) is 0 Å². The number of allylic oxidation sites excluding steroid dienone is 2. The number of ketones is 2. The number of rotatable bonds is 3. The largest absolute Gasteiger partial charge is 0.511 e. The summed E-state index contributed by atoms with van der Waals surface area (Å²) in [5, 5.41) is 45.9. The molecule has 1 aromatic rings. The molecule has 10 heteroatoms.